The summed E-state index contributed by atoms with van der Waals surface area (Å²) in [5.74, 6) is 1.30. The summed E-state index contributed by atoms with van der Waals surface area (Å²) in [6, 6.07) is 19.6. The van der Waals surface area contributed by atoms with Gasteiger partial charge in [0.05, 0.1) is 10.7 Å². The van der Waals surface area contributed by atoms with Gasteiger partial charge in [0.15, 0.2) is 0 Å². The Morgan fingerprint density at radius 2 is 1.70 bits per heavy atom. The van der Waals surface area contributed by atoms with Crippen molar-refractivity contribution in [1.82, 2.24) is 9.97 Å². The number of aryl methyl sites for hydroxylation is 1. The fourth-order valence-corrected chi connectivity index (χ4v) is 2.37. The molecular formula is C18H17ClN4. The van der Waals surface area contributed by atoms with Crippen LogP contribution in [0.15, 0.2) is 60.7 Å². The predicted molar refractivity (Wildman–Crippen MR) is 95.3 cm³/mol. The Morgan fingerprint density at radius 3 is 2.48 bits per heavy atom. The van der Waals surface area contributed by atoms with Gasteiger partial charge in [0, 0.05) is 18.3 Å². The minimum atomic E-state index is 0.586. The first-order valence-electron chi connectivity index (χ1n) is 7.36. The van der Waals surface area contributed by atoms with E-state index in [0.717, 1.165) is 11.4 Å². The monoisotopic (exact) mass is 324 g/mol. The van der Waals surface area contributed by atoms with Crippen LogP contribution in [0.4, 0.5) is 17.5 Å². The molecule has 2 aromatic carbocycles. The van der Waals surface area contributed by atoms with Gasteiger partial charge in [0.25, 0.3) is 0 Å². The van der Waals surface area contributed by atoms with Crippen molar-refractivity contribution in [3.8, 4) is 0 Å². The lowest BCUT2D eigenvalue weighted by molar-refractivity contribution is 1.03. The van der Waals surface area contributed by atoms with E-state index in [2.05, 4.69) is 32.7 Å². The topological polar surface area (TPSA) is 49.8 Å². The molecule has 1 heterocycles. The molecule has 0 spiro atoms. The second-order valence-corrected chi connectivity index (χ2v) is 5.57. The summed E-state index contributed by atoms with van der Waals surface area (Å²) in [7, 11) is 0. The maximum absolute atomic E-state index is 6.17. The maximum Gasteiger partial charge on any atom is 0.225 e. The standard InChI is InChI=1S/C18H17ClN4/c1-13-11-17(22-16-10-6-5-9-15(16)19)23-18(21-13)20-12-14-7-3-2-4-8-14/h2-11H,12H2,1H3,(H2,20,21,22,23). The lowest BCUT2D eigenvalue weighted by Crippen LogP contribution is -2.06. The van der Waals surface area contributed by atoms with Crippen molar-refractivity contribution in [2.45, 2.75) is 13.5 Å². The van der Waals surface area contributed by atoms with Gasteiger partial charge in [0.2, 0.25) is 5.95 Å². The van der Waals surface area contributed by atoms with Crippen LogP contribution in [0, 0.1) is 6.92 Å². The minimum absolute atomic E-state index is 0.586. The van der Waals surface area contributed by atoms with Crippen LogP contribution in [-0.4, -0.2) is 9.97 Å². The van der Waals surface area contributed by atoms with Gasteiger partial charge in [-0.1, -0.05) is 54.1 Å². The van der Waals surface area contributed by atoms with Gasteiger partial charge in [-0.15, -0.1) is 0 Å². The highest BCUT2D eigenvalue weighted by molar-refractivity contribution is 6.33. The molecule has 5 heteroatoms. The van der Waals surface area contributed by atoms with E-state index in [9.17, 15) is 0 Å². The van der Waals surface area contributed by atoms with Crippen molar-refractivity contribution in [3.63, 3.8) is 0 Å². The van der Waals surface area contributed by atoms with Crippen molar-refractivity contribution in [2.75, 3.05) is 10.6 Å². The molecule has 23 heavy (non-hydrogen) atoms. The van der Waals surface area contributed by atoms with Gasteiger partial charge < -0.3 is 10.6 Å². The number of nitrogens with one attached hydrogen (secondary N) is 2. The van der Waals surface area contributed by atoms with Crippen LogP contribution in [0.2, 0.25) is 5.02 Å². The van der Waals surface area contributed by atoms with E-state index in [1.165, 1.54) is 5.56 Å². The van der Waals surface area contributed by atoms with Gasteiger partial charge in [-0.25, -0.2) is 4.98 Å². The van der Waals surface area contributed by atoms with Crippen LogP contribution in [0.25, 0.3) is 0 Å². The second-order valence-electron chi connectivity index (χ2n) is 5.16. The molecule has 0 bridgehead atoms. The molecule has 0 saturated heterocycles. The highest BCUT2D eigenvalue weighted by Crippen LogP contribution is 2.24. The summed E-state index contributed by atoms with van der Waals surface area (Å²) >= 11 is 6.17. The Bertz CT molecular complexity index is 790. The zero-order chi connectivity index (χ0) is 16.1. The second kappa shape index (κ2) is 7.11. The molecule has 0 radical (unpaired) electrons. The fraction of sp³-hybridized carbons (Fsp3) is 0.111. The molecule has 3 rings (SSSR count). The van der Waals surface area contributed by atoms with Crippen molar-refractivity contribution in [2.24, 2.45) is 0 Å². The average Bonchev–Trinajstić information content (AvgIpc) is 2.56. The van der Waals surface area contributed by atoms with Crippen LogP contribution >= 0.6 is 11.6 Å². The SMILES string of the molecule is Cc1cc(Nc2ccccc2Cl)nc(NCc2ccccc2)n1. The lowest BCUT2D eigenvalue weighted by atomic mass is 10.2. The molecule has 4 nitrogen and oxygen atoms in total. The fourth-order valence-electron chi connectivity index (χ4n) is 2.19. The normalized spacial score (nSPS) is 10.3. The van der Waals surface area contributed by atoms with Gasteiger partial charge in [-0.2, -0.15) is 4.98 Å². The van der Waals surface area contributed by atoms with E-state index >= 15 is 0 Å². The molecule has 0 aliphatic carbocycles. The molecule has 3 aromatic rings. The average molecular weight is 325 g/mol. The number of rotatable bonds is 5. The largest absolute Gasteiger partial charge is 0.350 e. The third kappa shape index (κ3) is 4.20. The summed E-state index contributed by atoms with van der Waals surface area (Å²) in [5.41, 5.74) is 2.88. The Kier molecular flexibility index (Phi) is 4.74. The molecule has 0 atom stereocenters. The minimum Gasteiger partial charge on any atom is -0.350 e. The molecule has 1 aromatic heterocycles. The molecule has 116 valence electrons. The van der Waals surface area contributed by atoms with E-state index in [-0.39, 0.29) is 0 Å². The zero-order valence-electron chi connectivity index (χ0n) is 12.8. The van der Waals surface area contributed by atoms with Gasteiger partial charge in [-0.05, 0) is 24.6 Å². The first-order chi connectivity index (χ1) is 11.2. The summed E-state index contributed by atoms with van der Waals surface area (Å²) < 4.78 is 0. The Morgan fingerprint density at radius 1 is 0.957 bits per heavy atom. The summed E-state index contributed by atoms with van der Waals surface area (Å²) in [4.78, 5) is 8.91. The summed E-state index contributed by atoms with van der Waals surface area (Å²) in [6.45, 7) is 2.61. The van der Waals surface area contributed by atoms with Crippen LogP contribution in [-0.2, 0) is 6.54 Å². The number of nitrogens with zero attached hydrogens (tertiary/aromatic N) is 2. The van der Waals surface area contributed by atoms with Crippen LogP contribution < -0.4 is 10.6 Å². The van der Waals surface area contributed by atoms with E-state index in [4.69, 9.17) is 11.6 Å². The Balaban J connectivity index is 1.75. The van der Waals surface area contributed by atoms with E-state index < -0.39 is 0 Å². The number of anilines is 3. The maximum atomic E-state index is 6.17. The van der Waals surface area contributed by atoms with E-state index in [1.54, 1.807) is 0 Å². The van der Waals surface area contributed by atoms with Gasteiger partial charge in [0.1, 0.15) is 5.82 Å². The number of para-hydroxylation sites is 1. The van der Waals surface area contributed by atoms with E-state index in [0.29, 0.717) is 23.3 Å². The Labute approximate surface area is 140 Å². The van der Waals surface area contributed by atoms with Crippen LogP contribution in [0.1, 0.15) is 11.3 Å². The number of halogens is 1. The quantitative estimate of drug-likeness (QED) is 0.708. The smallest absolute Gasteiger partial charge is 0.225 e. The van der Waals surface area contributed by atoms with Crippen molar-refractivity contribution in [3.05, 3.63) is 76.9 Å². The van der Waals surface area contributed by atoms with Crippen LogP contribution in [0.3, 0.4) is 0 Å². The van der Waals surface area contributed by atoms with Gasteiger partial charge >= 0.3 is 0 Å². The molecule has 0 aliphatic rings. The number of hydrogen-bond donors (Lipinski definition) is 2. The number of aromatic nitrogens is 2. The predicted octanol–water partition coefficient (Wildman–Crippen LogP) is 4.79. The molecule has 0 saturated carbocycles. The van der Waals surface area contributed by atoms with Crippen LogP contribution in [0.5, 0.6) is 0 Å². The van der Waals surface area contributed by atoms with Gasteiger partial charge in [-0.3, -0.25) is 0 Å². The first-order valence-corrected chi connectivity index (χ1v) is 7.73. The zero-order valence-corrected chi connectivity index (χ0v) is 13.5. The molecule has 0 unspecified atom stereocenters. The lowest BCUT2D eigenvalue weighted by Gasteiger charge is -2.11. The number of benzene rings is 2. The number of hydrogen-bond acceptors (Lipinski definition) is 4. The van der Waals surface area contributed by atoms with Crippen molar-refractivity contribution >= 4 is 29.1 Å². The highest BCUT2D eigenvalue weighted by atomic mass is 35.5. The van der Waals surface area contributed by atoms with Crippen molar-refractivity contribution < 1.29 is 0 Å². The third-order valence-electron chi connectivity index (χ3n) is 3.28. The third-order valence-corrected chi connectivity index (χ3v) is 3.61. The highest BCUT2D eigenvalue weighted by Gasteiger charge is 2.05. The molecule has 0 aliphatic heterocycles. The molecular weight excluding hydrogens is 308 g/mol. The molecule has 2 N–H and O–H groups in total. The molecule has 0 fully saturated rings. The Hall–Kier alpha value is -2.59. The summed E-state index contributed by atoms with van der Waals surface area (Å²) in [6.07, 6.45) is 0. The summed E-state index contributed by atoms with van der Waals surface area (Å²) in [5, 5.41) is 7.13. The molecule has 0 amide bonds. The first kappa shape index (κ1) is 15.3. The van der Waals surface area contributed by atoms with E-state index in [1.807, 2.05) is 55.5 Å². The van der Waals surface area contributed by atoms with Crippen molar-refractivity contribution in [1.29, 1.82) is 0 Å².